The number of carbonyl (C=O) groups is 2. The number of pyridine rings is 1. The van der Waals surface area contributed by atoms with Gasteiger partial charge in [0.1, 0.15) is 11.5 Å². The summed E-state index contributed by atoms with van der Waals surface area (Å²) in [7, 11) is 0. The molecule has 1 aliphatic rings. The van der Waals surface area contributed by atoms with E-state index in [0.717, 1.165) is 10.6 Å². The number of nitrogens with zero attached hydrogens (tertiary/aromatic N) is 2. The van der Waals surface area contributed by atoms with Gasteiger partial charge in [0.25, 0.3) is 23.1 Å². The van der Waals surface area contributed by atoms with Gasteiger partial charge in [-0.2, -0.15) is 0 Å². The number of nitrogens with one attached hydrogen (secondary N) is 1. The molecule has 2 aromatic rings. The van der Waals surface area contributed by atoms with E-state index < -0.39 is 22.3 Å². The van der Waals surface area contributed by atoms with Crippen molar-refractivity contribution in [3.8, 4) is 5.69 Å². The first-order chi connectivity index (χ1) is 11.2. The molecular formula is C15H12N4O5. The lowest BCUT2D eigenvalue weighted by molar-refractivity contribution is -0.384. The van der Waals surface area contributed by atoms with Gasteiger partial charge in [0.2, 0.25) is 0 Å². The van der Waals surface area contributed by atoms with Gasteiger partial charge in [0, 0.05) is 12.1 Å². The molecule has 0 radical (unpaired) electrons. The van der Waals surface area contributed by atoms with Crippen LogP contribution >= 0.6 is 0 Å². The van der Waals surface area contributed by atoms with Crippen molar-refractivity contribution in [1.82, 2.24) is 9.88 Å². The lowest BCUT2D eigenvalue weighted by Crippen LogP contribution is -2.25. The molecule has 2 amide bonds. The molecule has 0 saturated heterocycles. The molecule has 0 bridgehead atoms. The summed E-state index contributed by atoms with van der Waals surface area (Å²) in [6.07, 6.45) is 0. The van der Waals surface area contributed by atoms with E-state index in [4.69, 9.17) is 5.73 Å². The Morgan fingerprint density at radius 2 is 1.83 bits per heavy atom. The Morgan fingerprint density at radius 1 is 1.17 bits per heavy atom. The van der Waals surface area contributed by atoms with Gasteiger partial charge in [-0.3, -0.25) is 34.4 Å². The third-order valence-corrected chi connectivity index (χ3v) is 4.05. The Morgan fingerprint density at radius 3 is 2.46 bits per heavy atom. The summed E-state index contributed by atoms with van der Waals surface area (Å²) in [5.74, 6) is -1.77. The standard InChI is InChI=1S/C15H12N4O5/c1-6-3-4-9(19(23)24)12(7(6)2)18-10(20)5-8-11(13(18)16)15(22)17-14(8)21/h3-5H,16H2,1-2H3,(H,17,21,22). The number of imide groups is 1. The highest BCUT2D eigenvalue weighted by atomic mass is 16.6. The molecule has 122 valence electrons. The van der Waals surface area contributed by atoms with E-state index >= 15 is 0 Å². The van der Waals surface area contributed by atoms with Crippen LogP contribution in [0.5, 0.6) is 0 Å². The number of fused-ring (bicyclic) bond motifs is 1. The van der Waals surface area contributed by atoms with Crippen molar-refractivity contribution in [2.45, 2.75) is 13.8 Å². The summed E-state index contributed by atoms with van der Waals surface area (Å²) in [6.45, 7) is 3.34. The fraction of sp³-hybridized carbons (Fsp3) is 0.133. The minimum Gasteiger partial charge on any atom is -0.384 e. The highest BCUT2D eigenvalue weighted by molar-refractivity contribution is 6.23. The number of benzene rings is 1. The van der Waals surface area contributed by atoms with Gasteiger partial charge in [0.15, 0.2) is 0 Å². The van der Waals surface area contributed by atoms with Crippen molar-refractivity contribution in [2.75, 3.05) is 5.73 Å². The smallest absolute Gasteiger partial charge is 0.293 e. The van der Waals surface area contributed by atoms with Crippen LogP contribution in [0.1, 0.15) is 31.8 Å². The minimum atomic E-state index is -0.741. The number of nitro groups is 1. The topological polar surface area (TPSA) is 137 Å². The number of aromatic nitrogens is 1. The second-order valence-corrected chi connectivity index (χ2v) is 5.41. The Kier molecular flexibility index (Phi) is 3.22. The van der Waals surface area contributed by atoms with E-state index in [1.165, 1.54) is 6.07 Å². The van der Waals surface area contributed by atoms with Gasteiger partial charge < -0.3 is 5.73 Å². The zero-order valence-electron chi connectivity index (χ0n) is 12.7. The average molecular weight is 328 g/mol. The van der Waals surface area contributed by atoms with E-state index in [1.54, 1.807) is 19.9 Å². The Hall–Kier alpha value is -3.49. The Bertz CT molecular complexity index is 1010. The summed E-state index contributed by atoms with van der Waals surface area (Å²) in [4.78, 5) is 46.8. The largest absolute Gasteiger partial charge is 0.384 e. The van der Waals surface area contributed by atoms with E-state index in [-0.39, 0.29) is 28.3 Å². The van der Waals surface area contributed by atoms with Crippen LogP contribution < -0.4 is 16.6 Å². The van der Waals surface area contributed by atoms with Gasteiger partial charge in [-0.05, 0) is 25.0 Å². The maximum Gasteiger partial charge on any atom is 0.293 e. The van der Waals surface area contributed by atoms with Gasteiger partial charge in [0.05, 0.1) is 16.1 Å². The van der Waals surface area contributed by atoms with Crippen molar-refractivity contribution in [1.29, 1.82) is 0 Å². The Balaban J connectivity index is 2.46. The number of hydrogen-bond donors (Lipinski definition) is 2. The number of carbonyl (C=O) groups excluding carboxylic acids is 2. The first-order valence-corrected chi connectivity index (χ1v) is 6.90. The number of hydrogen-bond acceptors (Lipinski definition) is 6. The van der Waals surface area contributed by atoms with Gasteiger partial charge in [-0.15, -0.1) is 0 Å². The molecule has 3 rings (SSSR count). The van der Waals surface area contributed by atoms with Crippen LogP contribution in [-0.2, 0) is 0 Å². The molecule has 24 heavy (non-hydrogen) atoms. The second-order valence-electron chi connectivity index (χ2n) is 5.41. The maximum absolute atomic E-state index is 12.5. The molecule has 9 heteroatoms. The molecule has 0 atom stereocenters. The molecule has 1 aromatic carbocycles. The highest BCUT2D eigenvalue weighted by Gasteiger charge is 2.33. The molecular weight excluding hydrogens is 316 g/mol. The van der Waals surface area contributed by atoms with E-state index in [1.807, 2.05) is 5.32 Å². The van der Waals surface area contributed by atoms with Crippen molar-refractivity contribution in [3.63, 3.8) is 0 Å². The monoisotopic (exact) mass is 328 g/mol. The van der Waals surface area contributed by atoms with Crippen LogP contribution in [0.2, 0.25) is 0 Å². The van der Waals surface area contributed by atoms with Crippen LogP contribution in [0.4, 0.5) is 11.5 Å². The maximum atomic E-state index is 12.5. The zero-order chi connectivity index (χ0) is 17.8. The molecule has 3 N–H and O–H groups in total. The van der Waals surface area contributed by atoms with E-state index in [2.05, 4.69) is 0 Å². The number of nitrogen functional groups attached to an aromatic ring is 1. The van der Waals surface area contributed by atoms with Crippen LogP contribution in [0, 0.1) is 24.0 Å². The second kappa shape index (κ2) is 5.01. The lowest BCUT2D eigenvalue weighted by atomic mass is 10.0. The fourth-order valence-corrected chi connectivity index (χ4v) is 2.73. The van der Waals surface area contributed by atoms with Crippen LogP contribution in [0.25, 0.3) is 5.69 Å². The summed E-state index contributed by atoms with van der Waals surface area (Å²) >= 11 is 0. The Labute approximate surface area is 134 Å². The van der Waals surface area contributed by atoms with E-state index in [0.29, 0.717) is 11.1 Å². The molecule has 0 unspecified atom stereocenters. The van der Waals surface area contributed by atoms with Gasteiger partial charge in [-0.25, -0.2) is 0 Å². The minimum absolute atomic E-state index is 0.0163. The molecule has 0 spiro atoms. The first kappa shape index (κ1) is 15.4. The lowest BCUT2D eigenvalue weighted by Gasteiger charge is -2.15. The van der Waals surface area contributed by atoms with Crippen LogP contribution in [0.3, 0.4) is 0 Å². The molecule has 2 heterocycles. The quantitative estimate of drug-likeness (QED) is 0.476. The van der Waals surface area contributed by atoms with Gasteiger partial charge in [-0.1, -0.05) is 6.07 Å². The van der Waals surface area contributed by atoms with Crippen molar-refractivity contribution in [3.05, 3.63) is 60.9 Å². The third kappa shape index (κ3) is 1.98. The first-order valence-electron chi connectivity index (χ1n) is 6.90. The predicted molar refractivity (Wildman–Crippen MR) is 84.4 cm³/mol. The van der Waals surface area contributed by atoms with Gasteiger partial charge >= 0.3 is 0 Å². The number of rotatable bonds is 2. The molecule has 9 nitrogen and oxygen atoms in total. The molecule has 0 aliphatic carbocycles. The third-order valence-electron chi connectivity index (χ3n) is 4.05. The normalized spacial score (nSPS) is 12.9. The number of nitro benzene ring substituents is 1. The number of anilines is 1. The number of aryl methyl sites for hydroxylation is 1. The predicted octanol–water partition coefficient (Wildman–Crippen LogP) is 0.828. The van der Waals surface area contributed by atoms with Crippen molar-refractivity contribution < 1.29 is 14.5 Å². The van der Waals surface area contributed by atoms with Crippen LogP contribution in [0.15, 0.2) is 23.0 Å². The zero-order valence-corrected chi connectivity index (χ0v) is 12.7. The molecule has 0 fully saturated rings. The summed E-state index contributed by atoms with van der Waals surface area (Å²) in [6, 6.07) is 3.78. The van der Waals surface area contributed by atoms with E-state index in [9.17, 15) is 24.5 Å². The van der Waals surface area contributed by atoms with Crippen molar-refractivity contribution in [2.24, 2.45) is 0 Å². The fourth-order valence-electron chi connectivity index (χ4n) is 2.73. The molecule has 1 aromatic heterocycles. The average Bonchev–Trinajstić information content (AvgIpc) is 2.77. The van der Waals surface area contributed by atoms with Crippen molar-refractivity contribution >= 4 is 23.3 Å². The van der Waals surface area contributed by atoms with Crippen LogP contribution in [-0.4, -0.2) is 21.3 Å². The number of amides is 2. The SMILES string of the molecule is Cc1ccc([N+](=O)[O-])c(-n2c(N)c3c(cc2=O)C(=O)NC3=O)c1C. The molecule has 1 aliphatic heterocycles. The number of nitrogens with two attached hydrogens (primary N) is 1. The summed E-state index contributed by atoms with van der Waals surface area (Å²) in [5, 5.41) is 13.4. The highest BCUT2D eigenvalue weighted by Crippen LogP contribution is 2.31. The summed E-state index contributed by atoms with van der Waals surface area (Å²) < 4.78 is 0.900. The summed E-state index contributed by atoms with van der Waals surface area (Å²) in [5.41, 5.74) is 5.76. The molecule has 0 saturated carbocycles.